The van der Waals surface area contributed by atoms with E-state index in [9.17, 15) is 10.1 Å². The Bertz CT molecular complexity index is 644. The minimum Gasteiger partial charge on any atom is -0.323 e. The zero-order valence-electron chi connectivity index (χ0n) is 10.4. The van der Waals surface area contributed by atoms with E-state index in [1.54, 1.807) is 23.7 Å². The summed E-state index contributed by atoms with van der Waals surface area (Å²) >= 11 is 0. The van der Waals surface area contributed by atoms with Crippen molar-refractivity contribution < 1.29 is 4.92 Å². The molecule has 19 heavy (non-hydrogen) atoms. The summed E-state index contributed by atoms with van der Waals surface area (Å²) in [6.45, 7) is 3.56. The maximum atomic E-state index is 10.6. The molecule has 0 aliphatic rings. The molecule has 0 aliphatic carbocycles. The van der Waals surface area contributed by atoms with Crippen LogP contribution in [0.4, 0.5) is 5.69 Å². The highest BCUT2D eigenvalue weighted by atomic mass is 16.6. The molecule has 2 aromatic rings. The van der Waals surface area contributed by atoms with Gasteiger partial charge in [0.1, 0.15) is 5.69 Å². The molecular weight excluding hydrogens is 248 g/mol. The second-order valence-electron chi connectivity index (χ2n) is 3.92. The van der Waals surface area contributed by atoms with Crippen LogP contribution in [0, 0.1) is 17.0 Å². The van der Waals surface area contributed by atoms with Gasteiger partial charge in [0.15, 0.2) is 0 Å². The van der Waals surface area contributed by atoms with Crippen LogP contribution in [0.2, 0.25) is 0 Å². The van der Waals surface area contributed by atoms with Gasteiger partial charge in [-0.3, -0.25) is 10.1 Å². The van der Waals surface area contributed by atoms with Gasteiger partial charge in [0.25, 0.3) is 5.69 Å². The van der Waals surface area contributed by atoms with E-state index in [1.165, 1.54) is 12.1 Å². The largest absolute Gasteiger partial charge is 0.323 e. The number of rotatable bonds is 3. The normalized spacial score (nSPS) is 11.6. The molecule has 0 amide bonds. The maximum Gasteiger partial charge on any atom is 0.269 e. The van der Waals surface area contributed by atoms with E-state index in [0.717, 1.165) is 5.69 Å². The molecule has 1 aromatic carbocycles. The predicted molar refractivity (Wildman–Crippen MR) is 69.1 cm³/mol. The lowest BCUT2D eigenvalue weighted by molar-refractivity contribution is -0.384. The van der Waals surface area contributed by atoms with Crippen LogP contribution >= 0.6 is 0 Å². The predicted octanol–water partition coefficient (Wildman–Crippen LogP) is 1.17. The average molecular weight is 260 g/mol. The van der Waals surface area contributed by atoms with Crippen molar-refractivity contribution in [3.63, 3.8) is 0 Å². The number of hydrogen-bond acceptors (Lipinski definition) is 6. The Morgan fingerprint density at radius 2 is 2.05 bits per heavy atom. The van der Waals surface area contributed by atoms with Gasteiger partial charge >= 0.3 is 0 Å². The van der Waals surface area contributed by atoms with Gasteiger partial charge in [0, 0.05) is 12.1 Å². The lowest BCUT2D eigenvalue weighted by Gasteiger charge is -2.03. The smallest absolute Gasteiger partial charge is 0.269 e. The van der Waals surface area contributed by atoms with Crippen LogP contribution in [0.5, 0.6) is 0 Å². The first-order chi connectivity index (χ1) is 9.04. The Morgan fingerprint density at radius 3 is 2.58 bits per heavy atom. The molecule has 0 radical (unpaired) electrons. The van der Waals surface area contributed by atoms with Crippen LogP contribution < -0.4 is 5.84 Å². The van der Waals surface area contributed by atoms with E-state index >= 15 is 0 Å². The second-order valence-corrected chi connectivity index (χ2v) is 3.92. The summed E-state index contributed by atoms with van der Waals surface area (Å²) in [6, 6.07) is 6.05. The molecule has 2 rings (SSSR count). The molecule has 2 N–H and O–H groups in total. The van der Waals surface area contributed by atoms with E-state index in [0.29, 0.717) is 17.1 Å². The van der Waals surface area contributed by atoms with Crippen molar-refractivity contribution in [3.05, 3.63) is 45.8 Å². The van der Waals surface area contributed by atoms with Crippen molar-refractivity contribution in [2.45, 2.75) is 13.8 Å². The van der Waals surface area contributed by atoms with Gasteiger partial charge in [0.2, 0.25) is 0 Å². The summed E-state index contributed by atoms with van der Waals surface area (Å²) in [4.78, 5) is 10.1. The van der Waals surface area contributed by atoms with E-state index < -0.39 is 4.92 Å². The lowest BCUT2D eigenvalue weighted by atomic mass is 10.2. The van der Waals surface area contributed by atoms with Gasteiger partial charge in [-0.05, 0) is 26.0 Å². The topological polar surface area (TPSA) is 112 Å². The third kappa shape index (κ3) is 2.28. The van der Waals surface area contributed by atoms with E-state index in [1.807, 2.05) is 6.92 Å². The zero-order chi connectivity index (χ0) is 14.0. The van der Waals surface area contributed by atoms with Crippen LogP contribution in [0.1, 0.15) is 18.3 Å². The van der Waals surface area contributed by atoms with Crippen molar-refractivity contribution in [2.75, 3.05) is 0 Å². The first-order valence-electron chi connectivity index (χ1n) is 5.46. The highest BCUT2D eigenvalue weighted by Crippen LogP contribution is 2.17. The van der Waals surface area contributed by atoms with Crippen LogP contribution in [-0.2, 0) is 0 Å². The van der Waals surface area contributed by atoms with E-state index in [-0.39, 0.29) is 5.69 Å². The Hall–Kier alpha value is -2.77. The highest BCUT2D eigenvalue weighted by molar-refractivity contribution is 5.97. The number of nitro benzene ring substituents is 1. The third-order valence-electron chi connectivity index (χ3n) is 2.74. The number of hydrazone groups is 1. The number of benzene rings is 1. The first kappa shape index (κ1) is 12.7. The van der Waals surface area contributed by atoms with Crippen LogP contribution in [0.25, 0.3) is 5.69 Å². The average Bonchev–Trinajstić information content (AvgIpc) is 2.80. The number of nitro groups is 1. The summed E-state index contributed by atoms with van der Waals surface area (Å²) in [5.41, 5.74) is 2.65. The Labute approximate surface area is 108 Å². The minimum atomic E-state index is -0.450. The van der Waals surface area contributed by atoms with Gasteiger partial charge in [-0.15, -0.1) is 5.10 Å². The van der Waals surface area contributed by atoms with Gasteiger partial charge < -0.3 is 5.84 Å². The summed E-state index contributed by atoms with van der Waals surface area (Å²) in [5.74, 6) is 5.21. The molecule has 98 valence electrons. The number of hydrogen-bond donors (Lipinski definition) is 1. The number of aromatic nitrogens is 3. The molecule has 0 spiro atoms. The summed E-state index contributed by atoms with van der Waals surface area (Å²) < 4.78 is 1.58. The maximum absolute atomic E-state index is 10.6. The van der Waals surface area contributed by atoms with E-state index in [2.05, 4.69) is 15.4 Å². The van der Waals surface area contributed by atoms with Crippen molar-refractivity contribution >= 4 is 11.4 Å². The highest BCUT2D eigenvalue weighted by Gasteiger charge is 2.13. The quantitative estimate of drug-likeness (QED) is 0.385. The molecule has 0 bridgehead atoms. The number of non-ortho nitro benzene ring substituents is 1. The summed E-state index contributed by atoms with van der Waals surface area (Å²) in [6.07, 6.45) is 0. The summed E-state index contributed by atoms with van der Waals surface area (Å²) in [5, 5.41) is 22.1. The molecular formula is C11H12N6O2. The van der Waals surface area contributed by atoms with Gasteiger partial charge in [-0.1, -0.05) is 5.21 Å². The Kier molecular flexibility index (Phi) is 3.23. The monoisotopic (exact) mass is 260 g/mol. The van der Waals surface area contributed by atoms with Crippen molar-refractivity contribution in [1.29, 1.82) is 0 Å². The molecule has 0 saturated heterocycles. The van der Waals surface area contributed by atoms with Crippen molar-refractivity contribution in [2.24, 2.45) is 10.9 Å². The third-order valence-corrected chi connectivity index (χ3v) is 2.74. The molecule has 0 unspecified atom stereocenters. The molecule has 0 saturated carbocycles. The Balaban J connectivity index is 2.43. The van der Waals surface area contributed by atoms with Crippen molar-refractivity contribution in [1.82, 2.24) is 15.0 Å². The van der Waals surface area contributed by atoms with Gasteiger partial charge in [-0.2, -0.15) is 5.10 Å². The molecule has 0 fully saturated rings. The molecule has 1 heterocycles. The van der Waals surface area contributed by atoms with Crippen LogP contribution in [-0.4, -0.2) is 25.6 Å². The fourth-order valence-corrected chi connectivity index (χ4v) is 1.69. The fourth-order valence-electron chi connectivity index (χ4n) is 1.69. The summed E-state index contributed by atoms with van der Waals surface area (Å²) in [7, 11) is 0. The lowest BCUT2D eigenvalue weighted by Crippen LogP contribution is -2.03. The molecule has 8 nitrogen and oxygen atoms in total. The van der Waals surface area contributed by atoms with Gasteiger partial charge in [-0.25, -0.2) is 4.68 Å². The number of nitrogens with two attached hydrogens (primary N) is 1. The molecule has 0 atom stereocenters. The standard InChI is InChI=1S/C11H12N6O2/c1-7(13-12)11-8(2)16(15-14-11)9-3-5-10(6-4-9)17(18)19/h3-6H,12H2,1-2H3/b13-7-. The number of nitrogens with zero attached hydrogens (tertiary/aromatic N) is 5. The minimum absolute atomic E-state index is 0.0291. The SMILES string of the molecule is C/C(=N/N)c1nnn(-c2ccc([N+](=O)[O-])cc2)c1C. The molecule has 0 aliphatic heterocycles. The molecule has 8 heteroatoms. The van der Waals surface area contributed by atoms with Crippen LogP contribution in [0.15, 0.2) is 29.4 Å². The van der Waals surface area contributed by atoms with Gasteiger partial charge in [0.05, 0.1) is 22.0 Å². The van der Waals surface area contributed by atoms with Crippen molar-refractivity contribution in [3.8, 4) is 5.69 Å². The fraction of sp³-hybridized carbons (Fsp3) is 0.182. The zero-order valence-corrected chi connectivity index (χ0v) is 10.4. The second kappa shape index (κ2) is 4.84. The van der Waals surface area contributed by atoms with E-state index in [4.69, 9.17) is 5.84 Å². The Morgan fingerprint density at radius 1 is 1.42 bits per heavy atom. The van der Waals surface area contributed by atoms with Crippen LogP contribution in [0.3, 0.4) is 0 Å². The molecule has 1 aromatic heterocycles. The first-order valence-corrected chi connectivity index (χ1v) is 5.46.